The van der Waals surface area contributed by atoms with Crippen molar-refractivity contribution in [3.05, 3.63) is 0 Å². The normalized spacial score (nSPS) is 21.1. The van der Waals surface area contributed by atoms with Gasteiger partial charge in [0.25, 0.3) is 0 Å². The van der Waals surface area contributed by atoms with Gasteiger partial charge >= 0.3 is 0 Å². The summed E-state index contributed by atoms with van der Waals surface area (Å²) in [4.78, 5) is 14.7. The molecule has 0 atom stereocenters. The maximum Gasteiger partial charge on any atom is 0.133 e. The second-order valence-corrected chi connectivity index (χ2v) is 3.10. The molecule has 70 valence electrons. The molecule has 1 saturated heterocycles. The number of nitrogens with two attached hydrogens (primary N) is 1. The fourth-order valence-corrected chi connectivity index (χ4v) is 1.48. The second kappa shape index (κ2) is 5.24. The monoisotopic (exact) mass is 171 g/mol. The zero-order valence-corrected chi connectivity index (χ0v) is 7.41. The summed E-state index contributed by atoms with van der Waals surface area (Å²) in [6.45, 7) is 6.38. The van der Waals surface area contributed by atoms with Crippen LogP contribution in [-0.4, -0.2) is 61.9 Å². The van der Waals surface area contributed by atoms with Crippen molar-refractivity contribution < 1.29 is 4.79 Å². The van der Waals surface area contributed by atoms with E-state index < -0.39 is 0 Å². The molecule has 0 aromatic rings. The van der Waals surface area contributed by atoms with Gasteiger partial charge in [0.2, 0.25) is 0 Å². The van der Waals surface area contributed by atoms with Crippen LogP contribution >= 0.6 is 0 Å². The van der Waals surface area contributed by atoms with E-state index in [2.05, 4.69) is 9.80 Å². The van der Waals surface area contributed by atoms with Crippen LogP contribution in [0.2, 0.25) is 0 Å². The number of rotatable bonds is 4. The SMILES string of the molecule is NCCN1CCN(CC=O)CC1. The molecule has 0 aromatic carbocycles. The third-order valence-electron chi connectivity index (χ3n) is 2.24. The maximum absolute atomic E-state index is 10.2. The molecule has 4 nitrogen and oxygen atoms in total. The van der Waals surface area contributed by atoms with E-state index in [9.17, 15) is 4.79 Å². The van der Waals surface area contributed by atoms with Crippen LogP contribution in [-0.2, 0) is 4.79 Å². The van der Waals surface area contributed by atoms with Gasteiger partial charge in [-0.2, -0.15) is 0 Å². The number of nitrogens with zero attached hydrogens (tertiary/aromatic N) is 2. The largest absolute Gasteiger partial charge is 0.329 e. The number of carbonyl (C=O) groups is 1. The van der Waals surface area contributed by atoms with Gasteiger partial charge in [-0.15, -0.1) is 0 Å². The Hall–Kier alpha value is -0.450. The van der Waals surface area contributed by atoms with Gasteiger partial charge in [-0.25, -0.2) is 0 Å². The van der Waals surface area contributed by atoms with Crippen molar-refractivity contribution in [2.45, 2.75) is 0 Å². The van der Waals surface area contributed by atoms with Crippen molar-refractivity contribution in [2.75, 3.05) is 45.8 Å². The third kappa shape index (κ3) is 2.89. The molecule has 0 aliphatic carbocycles. The number of hydrogen-bond donors (Lipinski definition) is 1. The number of aldehydes is 1. The molecule has 0 bridgehead atoms. The molecule has 0 radical (unpaired) electrons. The molecule has 0 aromatic heterocycles. The minimum atomic E-state index is 0.580. The Kier molecular flexibility index (Phi) is 4.21. The van der Waals surface area contributed by atoms with Crippen molar-refractivity contribution in [1.82, 2.24) is 9.80 Å². The average Bonchev–Trinajstić information content (AvgIpc) is 2.09. The Morgan fingerprint density at radius 2 is 1.75 bits per heavy atom. The molecule has 0 amide bonds. The van der Waals surface area contributed by atoms with Crippen molar-refractivity contribution in [3.8, 4) is 0 Å². The van der Waals surface area contributed by atoms with Crippen LogP contribution in [0, 0.1) is 0 Å². The van der Waals surface area contributed by atoms with E-state index in [0.29, 0.717) is 6.54 Å². The Morgan fingerprint density at radius 3 is 2.25 bits per heavy atom. The van der Waals surface area contributed by atoms with Gasteiger partial charge in [-0.1, -0.05) is 0 Å². The van der Waals surface area contributed by atoms with Crippen LogP contribution in [0.15, 0.2) is 0 Å². The van der Waals surface area contributed by atoms with E-state index in [0.717, 1.165) is 45.6 Å². The zero-order valence-electron chi connectivity index (χ0n) is 7.41. The van der Waals surface area contributed by atoms with E-state index >= 15 is 0 Å². The molecule has 0 spiro atoms. The van der Waals surface area contributed by atoms with Crippen LogP contribution in [0.25, 0.3) is 0 Å². The van der Waals surface area contributed by atoms with Gasteiger partial charge < -0.3 is 10.5 Å². The number of carbonyl (C=O) groups excluding carboxylic acids is 1. The molecule has 1 fully saturated rings. The van der Waals surface area contributed by atoms with Crippen molar-refractivity contribution in [3.63, 3.8) is 0 Å². The molecule has 2 N–H and O–H groups in total. The number of piperazine rings is 1. The summed E-state index contributed by atoms with van der Waals surface area (Å²) in [6.07, 6.45) is 0.971. The van der Waals surface area contributed by atoms with Crippen LogP contribution in [0.4, 0.5) is 0 Å². The number of hydrogen-bond acceptors (Lipinski definition) is 4. The lowest BCUT2D eigenvalue weighted by Gasteiger charge is -2.33. The standard InChI is InChI=1S/C8H17N3O/c9-1-2-10-3-5-11(6-4-10)7-8-12/h8H,1-7,9H2. The summed E-state index contributed by atoms with van der Waals surface area (Å²) in [7, 11) is 0. The van der Waals surface area contributed by atoms with Gasteiger partial charge in [0.05, 0.1) is 6.54 Å². The molecular weight excluding hydrogens is 154 g/mol. The topological polar surface area (TPSA) is 49.6 Å². The molecule has 0 unspecified atom stereocenters. The first-order chi connectivity index (χ1) is 5.86. The van der Waals surface area contributed by atoms with Gasteiger partial charge in [-0.05, 0) is 0 Å². The first-order valence-corrected chi connectivity index (χ1v) is 4.45. The molecule has 1 heterocycles. The summed E-state index contributed by atoms with van der Waals surface area (Å²) in [5.41, 5.74) is 5.44. The Balaban J connectivity index is 2.15. The molecule has 1 aliphatic rings. The molecule has 0 saturated carbocycles. The first-order valence-electron chi connectivity index (χ1n) is 4.45. The summed E-state index contributed by atoms with van der Waals surface area (Å²) in [5, 5.41) is 0. The molecule has 4 heteroatoms. The lowest BCUT2D eigenvalue weighted by molar-refractivity contribution is -0.109. The lowest BCUT2D eigenvalue weighted by atomic mass is 10.3. The van der Waals surface area contributed by atoms with E-state index in [1.807, 2.05) is 0 Å². The predicted octanol–water partition coefficient (Wildman–Crippen LogP) is -1.24. The second-order valence-electron chi connectivity index (χ2n) is 3.10. The first kappa shape index (κ1) is 9.64. The highest BCUT2D eigenvalue weighted by atomic mass is 16.1. The van der Waals surface area contributed by atoms with Crippen molar-refractivity contribution in [1.29, 1.82) is 0 Å². The Bertz CT molecular complexity index is 132. The quantitative estimate of drug-likeness (QED) is 0.538. The van der Waals surface area contributed by atoms with Gasteiger partial charge in [0, 0.05) is 39.3 Å². The average molecular weight is 171 g/mol. The highest BCUT2D eigenvalue weighted by Gasteiger charge is 2.14. The Labute approximate surface area is 73.3 Å². The predicted molar refractivity (Wildman–Crippen MR) is 48.0 cm³/mol. The van der Waals surface area contributed by atoms with Crippen LogP contribution in [0.1, 0.15) is 0 Å². The smallest absolute Gasteiger partial charge is 0.133 e. The Morgan fingerprint density at radius 1 is 1.17 bits per heavy atom. The maximum atomic E-state index is 10.2. The van der Waals surface area contributed by atoms with Gasteiger partial charge in [-0.3, -0.25) is 9.80 Å². The summed E-state index contributed by atoms with van der Waals surface area (Å²) in [5.74, 6) is 0. The minimum Gasteiger partial charge on any atom is -0.329 e. The highest BCUT2D eigenvalue weighted by molar-refractivity contribution is 5.51. The lowest BCUT2D eigenvalue weighted by Crippen LogP contribution is -2.48. The summed E-state index contributed by atoms with van der Waals surface area (Å²) >= 11 is 0. The van der Waals surface area contributed by atoms with Crippen LogP contribution in [0.5, 0.6) is 0 Å². The van der Waals surface area contributed by atoms with Gasteiger partial charge in [0.15, 0.2) is 0 Å². The molecule has 1 rings (SSSR count). The highest BCUT2D eigenvalue weighted by Crippen LogP contribution is 1.98. The van der Waals surface area contributed by atoms with Crippen molar-refractivity contribution >= 4 is 6.29 Å². The van der Waals surface area contributed by atoms with E-state index in [1.54, 1.807) is 0 Å². The van der Waals surface area contributed by atoms with Crippen LogP contribution in [0.3, 0.4) is 0 Å². The van der Waals surface area contributed by atoms with Gasteiger partial charge in [0.1, 0.15) is 6.29 Å². The third-order valence-corrected chi connectivity index (χ3v) is 2.24. The zero-order chi connectivity index (χ0) is 8.81. The van der Waals surface area contributed by atoms with Crippen molar-refractivity contribution in [2.24, 2.45) is 5.73 Å². The summed E-state index contributed by atoms with van der Waals surface area (Å²) in [6, 6.07) is 0. The fraction of sp³-hybridized carbons (Fsp3) is 0.875. The summed E-state index contributed by atoms with van der Waals surface area (Å²) < 4.78 is 0. The molecule has 12 heavy (non-hydrogen) atoms. The van der Waals surface area contributed by atoms with E-state index in [1.165, 1.54) is 0 Å². The molecule has 1 aliphatic heterocycles. The fourth-order valence-electron chi connectivity index (χ4n) is 1.48. The van der Waals surface area contributed by atoms with Crippen LogP contribution < -0.4 is 5.73 Å². The van der Waals surface area contributed by atoms with E-state index in [-0.39, 0.29) is 0 Å². The minimum absolute atomic E-state index is 0.580. The van der Waals surface area contributed by atoms with E-state index in [4.69, 9.17) is 5.73 Å². The molecular formula is C8H17N3O.